The molecule has 1 heterocycles. The highest BCUT2D eigenvalue weighted by molar-refractivity contribution is 9.10. The largest absolute Gasteiger partial charge is 0.369 e. The number of aromatic nitrogens is 3. The Labute approximate surface area is 127 Å². The van der Waals surface area contributed by atoms with Crippen LogP contribution in [0.5, 0.6) is 0 Å². The molecule has 0 amide bonds. The summed E-state index contributed by atoms with van der Waals surface area (Å²) in [5, 5.41) is 14.3. The van der Waals surface area contributed by atoms with Gasteiger partial charge in [-0.2, -0.15) is 10.1 Å². The zero-order valence-corrected chi connectivity index (χ0v) is 13.2. The van der Waals surface area contributed by atoms with Crippen molar-refractivity contribution in [3.63, 3.8) is 0 Å². The van der Waals surface area contributed by atoms with Crippen molar-refractivity contribution in [2.45, 2.75) is 20.3 Å². The third-order valence-electron chi connectivity index (χ3n) is 2.67. The molecule has 0 atom stereocenters. The minimum Gasteiger partial charge on any atom is -0.369 e. The van der Waals surface area contributed by atoms with Crippen LogP contribution in [0.2, 0.25) is 0 Å². The van der Waals surface area contributed by atoms with Gasteiger partial charge in [-0.3, -0.25) is 0 Å². The van der Waals surface area contributed by atoms with Crippen molar-refractivity contribution in [3.05, 3.63) is 34.9 Å². The molecule has 1 aromatic carbocycles. The first-order chi connectivity index (χ1) is 9.63. The molecular formula is C14H18BrN5. The van der Waals surface area contributed by atoms with Crippen LogP contribution in [0.4, 0.5) is 17.5 Å². The second-order valence-corrected chi connectivity index (χ2v) is 5.83. The summed E-state index contributed by atoms with van der Waals surface area (Å²) in [4.78, 5) is 4.38. The third-order valence-corrected chi connectivity index (χ3v) is 3.16. The number of halogens is 1. The van der Waals surface area contributed by atoms with Crippen molar-refractivity contribution in [2.24, 2.45) is 5.92 Å². The SMILES string of the molecule is CC(C)CCNc1cnnc(Nc2cccc(Br)c2)n1. The van der Waals surface area contributed by atoms with E-state index in [-0.39, 0.29) is 0 Å². The summed E-state index contributed by atoms with van der Waals surface area (Å²) < 4.78 is 1.00. The Balaban J connectivity index is 1.99. The van der Waals surface area contributed by atoms with E-state index < -0.39 is 0 Å². The molecule has 6 heteroatoms. The Morgan fingerprint density at radius 1 is 1.30 bits per heavy atom. The molecular weight excluding hydrogens is 318 g/mol. The monoisotopic (exact) mass is 335 g/mol. The van der Waals surface area contributed by atoms with E-state index in [1.54, 1.807) is 6.20 Å². The molecule has 2 rings (SSSR count). The van der Waals surface area contributed by atoms with Gasteiger partial charge in [0.25, 0.3) is 0 Å². The molecule has 1 aromatic heterocycles. The molecule has 0 spiro atoms. The first kappa shape index (κ1) is 14.7. The maximum absolute atomic E-state index is 4.38. The number of nitrogens with one attached hydrogen (secondary N) is 2. The van der Waals surface area contributed by atoms with Crippen molar-refractivity contribution in [2.75, 3.05) is 17.2 Å². The van der Waals surface area contributed by atoms with E-state index in [1.807, 2.05) is 24.3 Å². The smallest absolute Gasteiger partial charge is 0.249 e. The molecule has 0 bridgehead atoms. The predicted octanol–water partition coefficient (Wildman–Crippen LogP) is 3.84. The van der Waals surface area contributed by atoms with E-state index in [2.05, 4.69) is 55.6 Å². The lowest BCUT2D eigenvalue weighted by Gasteiger charge is -2.09. The lowest BCUT2D eigenvalue weighted by atomic mass is 10.1. The lowest BCUT2D eigenvalue weighted by Crippen LogP contribution is -2.08. The molecule has 0 aliphatic carbocycles. The number of benzene rings is 1. The number of rotatable bonds is 6. The molecule has 0 aliphatic heterocycles. The number of hydrogen-bond donors (Lipinski definition) is 2. The summed E-state index contributed by atoms with van der Waals surface area (Å²) in [6.45, 7) is 5.27. The van der Waals surface area contributed by atoms with Gasteiger partial charge in [0.2, 0.25) is 5.95 Å². The summed E-state index contributed by atoms with van der Waals surface area (Å²) >= 11 is 3.43. The van der Waals surface area contributed by atoms with Crippen molar-refractivity contribution in [1.82, 2.24) is 15.2 Å². The Kier molecular flexibility index (Phi) is 5.29. The normalized spacial score (nSPS) is 10.6. The molecule has 0 radical (unpaired) electrons. The lowest BCUT2D eigenvalue weighted by molar-refractivity contribution is 0.606. The molecule has 5 nitrogen and oxygen atoms in total. The van der Waals surface area contributed by atoms with Gasteiger partial charge in [-0.15, -0.1) is 5.10 Å². The van der Waals surface area contributed by atoms with Crippen LogP contribution in [0, 0.1) is 5.92 Å². The average Bonchev–Trinajstić information content (AvgIpc) is 2.39. The number of hydrogen-bond acceptors (Lipinski definition) is 5. The Morgan fingerprint density at radius 3 is 2.90 bits per heavy atom. The second kappa shape index (κ2) is 7.19. The summed E-state index contributed by atoms with van der Waals surface area (Å²) in [6.07, 6.45) is 2.73. The van der Waals surface area contributed by atoms with Crippen molar-refractivity contribution in [3.8, 4) is 0 Å². The highest BCUT2D eigenvalue weighted by Crippen LogP contribution is 2.18. The van der Waals surface area contributed by atoms with Gasteiger partial charge in [-0.05, 0) is 30.5 Å². The first-order valence-corrected chi connectivity index (χ1v) is 7.39. The van der Waals surface area contributed by atoms with Crippen LogP contribution in [0.15, 0.2) is 34.9 Å². The molecule has 20 heavy (non-hydrogen) atoms. The molecule has 0 aliphatic rings. The minimum atomic E-state index is 0.484. The fourth-order valence-corrected chi connectivity index (χ4v) is 2.03. The van der Waals surface area contributed by atoms with E-state index >= 15 is 0 Å². The van der Waals surface area contributed by atoms with Gasteiger partial charge < -0.3 is 10.6 Å². The van der Waals surface area contributed by atoms with Crippen molar-refractivity contribution >= 4 is 33.4 Å². The van der Waals surface area contributed by atoms with Gasteiger partial charge in [0, 0.05) is 16.7 Å². The average molecular weight is 336 g/mol. The topological polar surface area (TPSA) is 62.7 Å². The molecule has 106 valence electrons. The van der Waals surface area contributed by atoms with E-state index in [1.165, 1.54) is 0 Å². The van der Waals surface area contributed by atoms with Crippen LogP contribution in [0.1, 0.15) is 20.3 Å². The standard InChI is InChI=1S/C14H18BrN5/c1-10(2)6-7-16-13-9-17-20-14(19-13)18-12-5-3-4-11(15)8-12/h3-5,8-10H,6-7H2,1-2H3,(H2,16,18,19,20). The zero-order chi connectivity index (χ0) is 14.4. The number of anilines is 3. The highest BCUT2D eigenvalue weighted by atomic mass is 79.9. The van der Waals surface area contributed by atoms with Gasteiger partial charge in [0.1, 0.15) is 0 Å². The number of nitrogens with zero attached hydrogens (tertiary/aromatic N) is 3. The summed E-state index contributed by atoms with van der Waals surface area (Å²) in [5.74, 6) is 1.88. The quantitative estimate of drug-likeness (QED) is 0.839. The Hall–Kier alpha value is -1.69. The molecule has 2 N–H and O–H groups in total. The van der Waals surface area contributed by atoms with Crippen LogP contribution in [-0.2, 0) is 0 Å². The summed E-state index contributed by atoms with van der Waals surface area (Å²) in [5.41, 5.74) is 0.917. The Morgan fingerprint density at radius 2 is 2.15 bits per heavy atom. The highest BCUT2D eigenvalue weighted by Gasteiger charge is 2.02. The maximum atomic E-state index is 4.38. The van der Waals surface area contributed by atoms with Crippen LogP contribution >= 0.6 is 15.9 Å². The second-order valence-electron chi connectivity index (χ2n) is 4.91. The first-order valence-electron chi connectivity index (χ1n) is 6.59. The third kappa shape index (κ3) is 4.77. The Bertz CT molecular complexity index is 559. The molecule has 2 aromatic rings. The van der Waals surface area contributed by atoms with Gasteiger partial charge in [-0.25, -0.2) is 0 Å². The van der Waals surface area contributed by atoms with Gasteiger partial charge in [0.15, 0.2) is 5.82 Å². The van der Waals surface area contributed by atoms with E-state index in [0.29, 0.717) is 11.9 Å². The molecule has 0 unspecified atom stereocenters. The van der Waals surface area contributed by atoms with Gasteiger partial charge >= 0.3 is 0 Å². The van der Waals surface area contributed by atoms with Crippen LogP contribution in [-0.4, -0.2) is 21.7 Å². The maximum Gasteiger partial charge on any atom is 0.249 e. The summed E-state index contributed by atoms with van der Waals surface area (Å²) in [7, 11) is 0. The summed E-state index contributed by atoms with van der Waals surface area (Å²) in [6, 6.07) is 7.83. The van der Waals surface area contributed by atoms with Crippen LogP contribution in [0.25, 0.3) is 0 Å². The van der Waals surface area contributed by atoms with Crippen LogP contribution < -0.4 is 10.6 Å². The predicted molar refractivity (Wildman–Crippen MR) is 85.2 cm³/mol. The van der Waals surface area contributed by atoms with Gasteiger partial charge in [-0.1, -0.05) is 35.8 Å². The van der Waals surface area contributed by atoms with Crippen molar-refractivity contribution in [1.29, 1.82) is 0 Å². The fourth-order valence-electron chi connectivity index (χ4n) is 1.63. The zero-order valence-electron chi connectivity index (χ0n) is 11.6. The molecule has 0 fully saturated rings. The molecule has 0 saturated heterocycles. The van der Waals surface area contributed by atoms with E-state index in [4.69, 9.17) is 0 Å². The van der Waals surface area contributed by atoms with Gasteiger partial charge in [0.05, 0.1) is 6.20 Å². The fraction of sp³-hybridized carbons (Fsp3) is 0.357. The van der Waals surface area contributed by atoms with E-state index in [9.17, 15) is 0 Å². The minimum absolute atomic E-state index is 0.484. The van der Waals surface area contributed by atoms with Crippen molar-refractivity contribution < 1.29 is 0 Å². The van der Waals surface area contributed by atoms with E-state index in [0.717, 1.165) is 28.9 Å². The van der Waals surface area contributed by atoms with Crippen LogP contribution in [0.3, 0.4) is 0 Å². The molecule has 0 saturated carbocycles.